The molecule has 7 heteroatoms. The van der Waals surface area contributed by atoms with E-state index in [1.165, 1.54) is 25.1 Å². The predicted molar refractivity (Wildman–Crippen MR) is 101 cm³/mol. The van der Waals surface area contributed by atoms with Crippen LogP contribution in [-0.2, 0) is 0 Å². The van der Waals surface area contributed by atoms with Crippen LogP contribution in [0.15, 0.2) is 42.5 Å². The highest BCUT2D eigenvalue weighted by molar-refractivity contribution is 6.30. The number of piperazine rings is 1. The van der Waals surface area contributed by atoms with Gasteiger partial charge in [0.05, 0.1) is 5.69 Å². The summed E-state index contributed by atoms with van der Waals surface area (Å²) in [5.41, 5.74) is 1.80. The average molecular weight is 376 g/mol. The third-order valence-corrected chi connectivity index (χ3v) is 4.61. The lowest BCUT2D eigenvalue weighted by Crippen LogP contribution is -2.50. The maximum Gasteiger partial charge on any atom is 0.322 e. The second-order valence-electron chi connectivity index (χ2n) is 6.13. The molecule has 2 amide bonds. The Kier molecular flexibility index (Phi) is 5.42. The van der Waals surface area contributed by atoms with Crippen LogP contribution in [0.25, 0.3) is 0 Å². The van der Waals surface area contributed by atoms with E-state index in [4.69, 9.17) is 11.6 Å². The first-order valence-corrected chi connectivity index (χ1v) is 8.69. The molecule has 136 valence electrons. The van der Waals surface area contributed by atoms with Crippen LogP contribution in [0.4, 0.5) is 20.6 Å². The minimum Gasteiger partial charge on any atom is -0.368 e. The zero-order chi connectivity index (χ0) is 18.7. The number of amides is 2. The molecule has 1 aliphatic rings. The van der Waals surface area contributed by atoms with E-state index in [1.54, 1.807) is 17.0 Å². The molecular weight excluding hydrogens is 357 g/mol. The summed E-state index contributed by atoms with van der Waals surface area (Å²) in [6.45, 7) is 3.91. The van der Waals surface area contributed by atoms with E-state index in [9.17, 15) is 14.0 Å². The maximum absolute atomic E-state index is 13.8. The van der Waals surface area contributed by atoms with Gasteiger partial charge in [0.2, 0.25) is 0 Å². The number of carbonyl (C=O) groups is 2. The molecule has 0 radical (unpaired) electrons. The molecule has 0 spiro atoms. The van der Waals surface area contributed by atoms with E-state index < -0.39 is 5.82 Å². The lowest BCUT2D eigenvalue weighted by molar-refractivity contribution is 0.101. The quantitative estimate of drug-likeness (QED) is 0.824. The fourth-order valence-electron chi connectivity index (χ4n) is 2.86. The van der Waals surface area contributed by atoms with E-state index in [1.807, 2.05) is 12.1 Å². The Morgan fingerprint density at radius 2 is 1.69 bits per heavy atom. The predicted octanol–water partition coefficient (Wildman–Crippen LogP) is 4.04. The minimum atomic E-state index is -0.560. The van der Waals surface area contributed by atoms with Gasteiger partial charge >= 0.3 is 6.03 Å². The summed E-state index contributed by atoms with van der Waals surface area (Å²) in [7, 11) is 0. The zero-order valence-electron chi connectivity index (χ0n) is 14.3. The molecular formula is C19H19ClFN3O2. The van der Waals surface area contributed by atoms with Gasteiger partial charge in [-0.25, -0.2) is 9.18 Å². The fourth-order valence-corrected chi connectivity index (χ4v) is 3.02. The molecule has 1 aliphatic heterocycles. The van der Waals surface area contributed by atoms with Crippen LogP contribution in [0.3, 0.4) is 0 Å². The molecule has 1 fully saturated rings. The molecule has 3 rings (SSSR count). The topological polar surface area (TPSA) is 52.7 Å². The minimum absolute atomic E-state index is 0.0347. The molecule has 0 unspecified atom stereocenters. The number of rotatable bonds is 3. The Morgan fingerprint density at radius 3 is 2.27 bits per heavy atom. The first-order chi connectivity index (χ1) is 12.4. The number of nitrogens with zero attached hydrogens (tertiary/aromatic N) is 2. The van der Waals surface area contributed by atoms with Crippen molar-refractivity contribution in [2.45, 2.75) is 6.92 Å². The first kappa shape index (κ1) is 18.2. The van der Waals surface area contributed by atoms with E-state index >= 15 is 0 Å². The summed E-state index contributed by atoms with van der Waals surface area (Å²) in [6.07, 6.45) is 0. The molecule has 2 aromatic rings. The van der Waals surface area contributed by atoms with Crippen LogP contribution < -0.4 is 10.2 Å². The van der Waals surface area contributed by atoms with E-state index in [0.717, 1.165) is 5.69 Å². The van der Waals surface area contributed by atoms with Crippen molar-refractivity contribution in [3.8, 4) is 0 Å². The molecule has 0 atom stereocenters. The Labute approximate surface area is 156 Å². The molecule has 0 saturated carbocycles. The summed E-state index contributed by atoms with van der Waals surface area (Å²) >= 11 is 5.72. The van der Waals surface area contributed by atoms with Gasteiger partial charge in [-0.15, -0.1) is 0 Å². The summed E-state index contributed by atoms with van der Waals surface area (Å²) < 4.78 is 13.8. The van der Waals surface area contributed by atoms with E-state index in [2.05, 4.69) is 10.2 Å². The van der Waals surface area contributed by atoms with Gasteiger partial charge < -0.3 is 15.1 Å². The van der Waals surface area contributed by atoms with Crippen molar-refractivity contribution < 1.29 is 14.0 Å². The zero-order valence-corrected chi connectivity index (χ0v) is 15.1. The molecule has 26 heavy (non-hydrogen) atoms. The number of halogens is 2. The van der Waals surface area contributed by atoms with E-state index in [-0.39, 0.29) is 22.5 Å². The van der Waals surface area contributed by atoms with Crippen LogP contribution in [0.1, 0.15) is 17.3 Å². The fraction of sp³-hybridized carbons (Fsp3) is 0.263. The Bertz CT molecular complexity index is 818. The van der Waals surface area contributed by atoms with Gasteiger partial charge in [-0.05, 0) is 49.4 Å². The molecule has 0 aliphatic carbocycles. The van der Waals surface area contributed by atoms with Crippen molar-refractivity contribution in [3.63, 3.8) is 0 Å². The van der Waals surface area contributed by atoms with Gasteiger partial charge in [-0.1, -0.05) is 11.6 Å². The van der Waals surface area contributed by atoms with Crippen molar-refractivity contribution >= 4 is 34.8 Å². The average Bonchev–Trinajstić information content (AvgIpc) is 2.64. The summed E-state index contributed by atoms with van der Waals surface area (Å²) in [5.74, 6) is -0.525. The smallest absolute Gasteiger partial charge is 0.322 e. The largest absolute Gasteiger partial charge is 0.368 e. The number of urea groups is 1. The molecule has 2 aromatic carbocycles. The van der Waals surface area contributed by atoms with E-state index in [0.29, 0.717) is 31.7 Å². The van der Waals surface area contributed by atoms with Gasteiger partial charge in [0.15, 0.2) is 5.78 Å². The maximum atomic E-state index is 13.8. The van der Waals surface area contributed by atoms with Crippen molar-refractivity contribution in [1.29, 1.82) is 0 Å². The number of ketones is 1. The molecule has 1 N–H and O–H groups in total. The lowest BCUT2D eigenvalue weighted by atomic mass is 10.1. The van der Waals surface area contributed by atoms with Crippen molar-refractivity contribution in [2.24, 2.45) is 0 Å². The van der Waals surface area contributed by atoms with Crippen molar-refractivity contribution in [1.82, 2.24) is 4.90 Å². The third-order valence-electron chi connectivity index (χ3n) is 4.38. The van der Waals surface area contributed by atoms with Crippen LogP contribution >= 0.6 is 11.6 Å². The van der Waals surface area contributed by atoms with Crippen LogP contribution in [0.5, 0.6) is 0 Å². The standard InChI is InChI=1S/C19H19ClFN3O2/c1-13(25)14-2-5-16(6-3-14)23-8-10-24(11-9-23)19(26)22-18-7-4-15(20)12-17(18)21/h2-7,12H,8-11H2,1H3,(H,22,26). The third kappa shape index (κ3) is 4.14. The molecule has 5 nitrogen and oxygen atoms in total. The number of nitrogens with one attached hydrogen (secondary N) is 1. The summed E-state index contributed by atoms with van der Waals surface area (Å²) in [5, 5.41) is 2.86. The summed E-state index contributed by atoms with van der Waals surface area (Å²) in [6, 6.07) is 11.2. The normalized spacial score (nSPS) is 14.3. The molecule has 1 heterocycles. The highest BCUT2D eigenvalue weighted by atomic mass is 35.5. The molecule has 0 bridgehead atoms. The number of Topliss-reactive ketones (excluding diaryl/α,β-unsaturated/α-hetero) is 1. The molecule has 1 saturated heterocycles. The number of carbonyl (C=O) groups excluding carboxylic acids is 2. The van der Waals surface area contributed by atoms with Gasteiger partial charge in [0.25, 0.3) is 0 Å². The Morgan fingerprint density at radius 1 is 1.04 bits per heavy atom. The number of hydrogen-bond donors (Lipinski definition) is 1. The second kappa shape index (κ2) is 7.74. The first-order valence-electron chi connectivity index (χ1n) is 8.31. The SMILES string of the molecule is CC(=O)c1ccc(N2CCN(C(=O)Nc3ccc(Cl)cc3F)CC2)cc1. The lowest BCUT2D eigenvalue weighted by Gasteiger charge is -2.36. The van der Waals surface area contributed by atoms with Crippen molar-refractivity contribution in [3.05, 3.63) is 58.9 Å². The highest BCUT2D eigenvalue weighted by Gasteiger charge is 2.22. The Balaban J connectivity index is 1.57. The number of anilines is 2. The Hall–Kier alpha value is -2.60. The monoisotopic (exact) mass is 375 g/mol. The number of benzene rings is 2. The van der Waals surface area contributed by atoms with Gasteiger partial charge in [-0.2, -0.15) is 0 Å². The second-order valence-corrected chi connectivity index (χ2v) is 6.57. The van der Waals surface area contributed by atoms with Crippen LogP contribution in [0.2, 0.25) is 5.02 Å². The van der Waals surface area contributed by atoms with Crippen molar-refractivity contribution in [2.75, 3.05) is 36.4 Å². The van der Waals surface area contributed by atoms with Gasteiger partial charge in [0.1, 0.15) is 5.82 Å². The molecule has 0 aromatic heterocycles. The highest BCUT2D eigenvalue weighted by Crippen LogP contribution is 2.21. The number of hydrogen-bond acceptors (Lipinski definition) is 3. The summed E-state index contributed by atoms with van der Waals surface area (Å²) in [4.78, 5) is 27.5. The van der Waals surface area contributed by atoms with Gasteiger partial charge in [0, 0.05) is 42.5 Å². The van der Waals surface area contributed by atoms with Gasteiger partial charge in [-0.3, -0.25) is 4.79 Å². The van der Waals surface area contributed by atoms with Crippen LogP contribution in [0, 0.1) is 5.82 Å². The van der Waals surface area contributed by atoms with Crippen LogP contribution in [-0.4, -0.2) is 42.9 Å².